The number of benzene rings is 1. The molecule has 24 heavy (non-hydrogen) atoms. The molecule has 1 aromatic carbocycles. The zero-order valence-corrected chi connectivity index (χ0v) is 15.0. The second-order valence-electron chi connectivity index (χ2n) is 6.16. The van der Waals surface area contributed by atoms with Crippen molar-refractivity contribution < 1.29 is 9.53 Å². The minimum absolute atomic E-state index is 0.134. The Morgan fingerprint density at radius 3 is 2.50 bits per heavy atom. The van der Waals surface area contributed by atoms with Crippen molar-refractivity contribution in [2.45, 2.75) is 33.8 Å². The van der Waals surface area contributed by atoms with Crippen LogP contribution in [-0.4, -0.2) is 34.9 Å². The van der Waals surface area contributed by atoms with Gasteiger partial charge in [-0.2, -0.15) is 0 Å². The van der Waals surface area contributed by atoms with Gasteiger partial charge in [-0.1, -0.05) is 12.1 Å². The van der Waals surface area contributed by atoms with E-state index >= 15 is 0 Å². The van der Waals surface area contributed by atoms with Gasteiger partial charge in [-0.3, -0.25) is 4.79 Å². The molecule has 0 fully saturated rings. The second kappa shape index (κ2) is 6.86. The van der Waals surface area contributed by atoms with E-state index in [4.69, 9.17) is 10.5 Å². The van der Waals surface area contributed by atoms with Crippen molar-refractivity contribution in [3.63, 3.8) is 0 Å². The number of ether oxygens (including phenoxy) is 1. The van der Waals surface area contributed by atoms with Gasteiger partial charge < -0.3 is 15.4 Å². The van der Waals surface area contributed by atoms with Crippen molar-refractivity contribution >= 4 is 11.9 Å². The fraction of sp³-hybridized carbons (Fsp3) is 0.389. The number of nitrogens with two attached hydrogens (primary N) is 1. The molecule has 0 bridgehead atoms. The molecule has 0 aliphatic heterocycles. The Hall–Kier alpha value is -2.63. The van der Waals surface area contributed by atoms with Gasteiger partial charge in [0.2, 0.25) is 5.95 Å². The summed E-state index contributed by atoms with van der Waals surface area (Å²) >= 11 is 0. The lowest BCUT2D eigenvalue weighted by Crippen LogP contribution is -2.27. The van der Waals surface area contributed by atoms with Gasteiger partial charge in [0, 0.05) is 14.1 Å². The number of nitrogens with zero attached hydrogens (tertiary/aromatic N) is 3. The standard InChI is InChI=1S/C18H24N4O2/c1-10-7-8-11(2)14(9-10)24-13(4)16-15(17(23)22(5)6)12(3)20-18(19)21-16/h7-9,13H,1-6H3,(H2,19,20,21). The van der Waals surface area contributed by atoms with E-state index in [0.717, 1.165) is 16.9 Å². The Balaban J connectivity index is 2.46. The maximum absolute atomic E-state index is 12.5. The molecule has 128 valence electrons. The third-order valence-electron chi connectivity index (χ3n) is 3.79. The van der Waals surface area contributed by atoms with Crippen molar-refractivity contribution in [1.29, 1.82) is 0 Å². The lowest BCUT2D eigenvalue weighted by Gasteiger charge is -2.21. The van der Waals surface area contributed by atoms with Crippen LogP contribution in [0.25, 0.3) is 0 Å². The molecule has 1 unspecified atom stereocenters. The molecule has 6 heteroatoms. The predicted molar refractivity (Wildman–Crippen MR) is 94.2 cm³/mol. The fourth-order valence-corrected chi connectivity index (χ4v) is 2.48. The zero-order valence-electron chi connectivity index (χ0n) is 15.0. The monoisotopic (exact) mass is 328 g/mol. The van der Waals surface area contributed by atoms with Gasteiger partial charge in [0.25, 0.3) is 5.91 Å². The number of carbonyl (C=O) groups excluding carboxylic acids is 1. The minimum Gasteiger partial charge on any atom is -0.484 e. The summed E-state index contributed by atoms with van der Waals surface area (Å²) in [6.07, 6.45) is -0.437. The zero-order chi connectivity index (χ0) is 18.0. The SMILES string of the molecule is Cc1ccc(C)c(OC(C)c2nc(N)nc(C)c2C(=O)N(C)C)c1. The van der Waals surface area contributed by atoms with Crippen LogP contribution in [0.15, 0.2) is 18.2 Å². The molecule has 0 saturated heterocycles. The first kappa shape index (κ1) is 17.7. The molecule has 6 nitrogen and oxygen atoms in total. The molecule has 0 aliphatic carbocycles. The van der Waals surface area contributed by atoms with Gasteiger partial charge in [0.05, 0.1) is 17.0 Å². The van der Waals surface area contributed by atoms with Crippen LogP contribution in [0.3, 0.4) is 0 Å². The number of aromatic nitrogens is 2. The van der Waals surface area contributed by atoms with Crippen LogP contribution in [0.4, 0.5) is 5.95 Å². The fourth-order valence-electron chi connectivity index (χ4n) is 2.48. The van der Waals surface area contributed by atoms with Gasteiger partial charge in [0.15, 0.2) is 0 Å². The molecule has 2 aromatic rings. The highest BCUT2D eigenvalue weighted by Gasteiger charge is 2.24. The van der Waals surface area contributed by atoms with Crippen molar-refractivity contribution in [3.05, 3.63) is 46.3 Å². The molecule has 1 atom stereocenters. The summed E-state index contributed by atoms with van der Waals surface area (Å²) in [5.74, 6) is 0.730. The largest absolute Gasteiger partial charge is 0.484 e. The van der Waals surface area contributed by atoms with Gasteiger partial charge in [-0.25, -0.2) is 9.97 Å². The van der Waals surface area contributed by atoms with E-state index in [1.807, 2.05) is 39.0 Å². The van der Waals surface area contributed by atoms with Gasteiger partial charge >= 0.3 is 0 Å². The Morgan fingerprint density at radius 1 is 1.21 bits per heavy atom. The van der Waals surface area contributed by atoms with E-state index in [0.29, 0.717) is 17.0 Å². The summed E-state index contributed by atoms with van der Waals surface area (Å²) in [6.45, 7) is 7.59. The summed E-state index contributed by atoms with van der Waals surface area (Å²) in [5, 5.41) is 0. The number of anilines is 1. The first-order chi connectivity index (χ1) is 11.2. The third-order valence-corrected chi connectivity index (χ3v) is 3.79. The number of aryl methyl sites for hydroxylation is 3. The topological polar surface area (TPSA) is 81.3 Å². The summed E-state index contributed by atoms with van der Waals surface area (Å²) in [6, 6.07) is 6.00. The molecule has 0 radical (unpaired) electrons. The number of hydrogen-bond acceptors (Lipinski definition) is 5. The summed E-state index contributed by atoms with van der Waals surface area (Å²) in [5.41, 5.74) is 9.40. The molecular weight excluding hydrogens is 304 g/mol. The van der Waals surface area contributed by atoms with Crippen LogP contribution >= 0.6 is 0 Å². The number of amides is 1. The van der Waals surface area contributed by atoms with E-state index in [2.05, 4.69) is 9.97 Å². The summed E-state index contributed by atoms with van der Waals surface area (Å²) < 4.78 is 6.08. The van der Waals surface area contributed by atoms with Crippen LogP contribution in [0.1, 0.15) is 45.9 Å². The van der Waals surface area contributed by atoms with Crippen LogP contribution < -0.4 is 10.5 Å². The molecular formula is C18H24N4O2. The van der Waals surface area contributed by atoms with E-state index in [-0.39, 0.29) is 11.9 Å². The third kappa shape index (κ3) is 3.64. The average molecular weight is 328 g/mol. The minimum atomic E-state index is -0.437. The van der Waals surface area contributed by atoms with Crippen LogP contribution in [-0.2, 0) is 0 Å². The molecule has 0 aliphatic rings. The number of hydrogen-bond donors (Lipinski definition) is 1. The molecule has 0 saturated carbocycles. The van der Waals surface area contributed by atoms with Gasteiger partial charge in [0.1, 0.15) is 11.9 Å². The van der Waals surface area contributed by atoms with Gasteiger partial charge in [-0.05, 0) is 44.9 Å². The first-order valence-electron chi connectivity index (χ1n) is 7.80. The maximum atomic E-state index is 12.5. The maximum Gasteiger partial charge on any atom is 0.257 e. The molecule has 1 heterocycles. The van der Waals surface area contributed by atoms with Crippen molar-refractivity contribution in [1.82, 2.24) is 14.9 Å². The average Bonchev–Trinajstić information content (AvgIpc) is 2.49. The highest BCUT2D eigenvalue weighted by molar-refractivity contribution is 5.96. The van der Waals surface area contributed by atoms with Crippen molar-refractivity contribution in [2.24, 2.45) is 0 Å². The lowest BCUT2D eigenvalue weighted by molar-refractivity contribution is 0.0820. The van der Waals surface area contributed by atoms with E-state index < -0.39 is 6.10 Å². The van der Waals surface area contributed by atoms with E-state index in [1.54, 1.807) is 21.0 Å². The van der Waals surface area contributed by atoms with E-state index in [1.165, 1.54) is 4.90 Å². The highest BCUT2D eigenvalue weighted by Crippen LogP contribution is 2.28. The predicted octanol–water partition coefficient (Wildman–Crippen LogP) is 2.83. The Kier molecular flexibility index (Phi) is 5.07. The van der Waals surface area contributed by atoms with Crippen LogP contribution in [0.5, 0.6) is 5.75 Å². The summed E-state index contributed by atoms with van der Waals surface area (Å²) in [7, 11) is 3.39. The van der Waals surface area contributed by atoms with Crippen molar-refractivity contribution in [3.8, 4) is 5.75 Å². The molecule has 0 spiro atoms. The molecule has 2 rings (SSSR count). The number of nitrogen functional groups attached to an aromatic ring is 1. The quantitative estimate of drug-likeness (QED) is 0.933. The van der Waals surface area contributed by atoms with Gasteiger partial charge in [-0.15, -0.1) is 0 Å². The number of rotatable bonds is 4. The van der Waals surface area contributed by atoms with Crippen LogP contribution in [0.2, 0.25) is 0 Å². The first-order valence-corrected chi connectivity index (χ1v) is 7.80. The number of carbonyl (C=O) groups is 1. The lowest BCUT2D eigenvalue weighted by atomic mass is 10.1. The summed E-state index contributed by atoms with van der Waals surface area (Å²) in [4.78, 5) is 22.4. The second-order valence-corrected chi connectivity index (χ2v) is 6.16. The Morgan fingerprint density at radius 2 is 1.88 bits per heavy atom. The highest BCUT2D eigenvalue weighted by atomic mass is 16.5. The Bertz CT molecular complexity index is 772. The molecule has 1 amide bonds. The smallest absolute Gasteiger partial charge is 0.257 e. The van der Waals surface area contributed by atoms with Crippen LogP contribution in [0, 0.1) is 20.8 Å². The van der Waals surface area contributed by atoms with Crippen molar-refractivity contribution in [2.75, 3.05) is 19.8 Å². The molecule has 1 aromatic heterocycles. The molecule has 2 N–H and O–H groups in total. The normalized spacial score (nSPS) is 11.9. The Labute approximate surface area is 142 Å². The van der Waals surface area contributed by atoms with E-state index in [9.17, 15) is 4.79 Å².